The number of hydrogen-bond acceptors (Lipinski definition) is 6. The summed E-state index contributed by atoms with van der Waals surface area (Å²) in [6.45, 7) is 2.42. The van der Waals surface area contributed by atoms with Crippen LogP contribution in [0.2, 0.25) is 10.0 Å². The first kappa shape index (κ1) is 25.4. The second-order valence-corrected chi connectivity index (χ2v) is 10.0. The molecule has 0 saturated carbocycles. The van der Waals surface area contributed by atoms with Crippen molar-refractivity contribution < 1.29 is 14.3 Å². The number of ether oxygens (including phenoxy) is 1. The maximum absolute atomic E-state index is 13.6. The number of fused-ring (bicyclic) bond motifs is 1. The lowest BCUT2D eigenvalue weighted by Crippen LogP contribution is -2.47. The molecule has 2 aliphatic heterocycles. The highest BCUT2D eigenvalue weighted by atomic mass is 35.5. The van der Waals surface area contributed by atoms with E-state index in [1.54, 1.807) is 42.5 Å². The number of halogens is 2. The van der Waals surface area contributed by atoms with E-state index in [0.29, 0.717) is 33.9 Å². The second kappa shape index (κ2) is 11.0. The lowest BCUT2D eigenvalue weighted by Gasteiger charge is -2.35. The average Bonchev–Trinajstić information content (AvgIpc) is 3.44. The molecule has 1 aromatic heterocycles. The summed E-state index contributed by atoms with van der Waals surface area (Å²) >= 11 is 12.3. The molecule has 192 valence electrons. The third-order valence-corrected chi connectivity index (χ3v) is 7.57. The number of amides is 2. The molecular formula is C27H27Cl2N5O3. The Morgan fingerprint density at radius 3 is 2.46 bits per heavy atom. The first-order chi connectivity index (χ1) is 17.9. The van der Waals surface area contributed by atoms with Crippen LogP contribution in [0, 0.1) is 0 Å². The Hall–Kier alpha value is -3.20. The Morgan fingerprint density at radius 1 is 1.08 bits per heavy atom. The largest absolute Gasteiger partial charge is 0.482 e. The second-order valence-electron chi connectivity index (χ2n) is 9.23. The molecule has 3 heterocycles. The first-order valence-corrected chi connectivity index (χ1v) is 12.9. The number of carbonyl (C=O) groups excluding carboxylic acids is 2. The molecule has 2 aromatic carbocycles. The number of likely N-dealkylation sites (tertiary alicyclic amines) is 1. The minimum atomic E-state index is -0.309. The highest BCUT2D eigenvalue weighted by Gasteiger charge is 2.32. The fourth-order valence-corrected chi connectivity index (χ4v) is 5.07. The molecule has 8 nitrogen and oxygen atoms in total. The summed E-state index contributed by atoms with van der Waals surface area (Å²) in [5.41, 5.74) is 2.35. The molecule has 2 aliphatic rings. The van der Waals surface area contributed by atoms with E-state index in [-0.39, 0.29) is 31.0 Å². The number of rotatable bonds is 7. The van der Waals surface area contributed by atoms with Crippen LogP contribution in [-0.2, 0) is 9.59 Å². The summed E-state index contributed by atoms with van der Waals surface area (Å²) in [7, 11) is 1.79. The summed E-state index contributed by atoms with van der Waals surface area (Å²) < 4.78 is 5.52. The van der Waals surface area contributed by atoms with Crippen molar-refractivity contribution in [3.8, 4) is 17.1 Å². The number of nitrogens with zero attached hydrogens (tertiary/aromatic N) is 5. The van der Waals surface area contributed by atoms with Crippen LogP contribution in [0.5, 0.6) is 5.75 Å². The van der Waals surface area contributed by atoms with Gasteiger partial charge in [0.15, 0.2) is 12.4 Å². The fraction of sp³-hybridized carbons (Fsp3) is 0.333. The summed E-state index contributed by atoms with van der Waals surface area (Å²) in [5.74, 6) is 0.581. The van der Waals surface area contributed by atoms with Crippen LogP contribution < -0.4 is 9.64 Å². The van der Waals surface area contributed by atoms with E-state index in [1.165, 1.54) is 4.90 Å². The maximum atomic E-state index is 13.6. The zero-order valence-corrected chi connectivity index (χ0v) is 22.0. The van der Waals surface area contributed by atoms with Gasteiger partial charge in [-0.15, -0.1) is 0 Å². The first-order valence-electron chi connectivity index (χ1n) is 12.2. The van der Waals surface area contributed by atoms with Gasteiger partial charge in [0, 0.05) is 37.6 Å². The lowest BCUT2D eigenvalue weighted by molar-refractivity contribution is -0.133. The van der Waals surface area contributed by atoms with Gasteiger partial charge < -0.3 is 14.5 Å². The Morgan fingerprint density at radius 2 is 1.76 bits per heavy atom. The van der Waals surface area contributed by atoms with Crippen molar-refractivity contribution in [2.45, 2.75) is 18.9 Å². The molecule has 5 rings (SSSR count). The third-order valence-electron chi connectivity index (χ3n) is 6.85. The van der Waals surface area contributed by atoms with E-state index >= 15 is 0 Å². The molecule has 2 amide bonds. The van der Waals surface area contributed by atoms with Gasteiger partial charge in [-0.05, 0) is 43.6 Å². The van der Waals surface area contributed by atoms with Crippen molar-refractivity contribution in [2.75, 3.05) is 44.7 Å². The molecule has 3 aromatic rings. The molecule has 1 fully saturated rings. The van der Waals surface area contributed by atoms with Gasteiger partial charge in [0.2, 0.25) is 5.91 Å². The SMILES string of the molecule is CN(C(=O)CN1C(=O)COc2cc(Cl)c(Cl)cc21)C(CN1CCCC1)c1ccc(-c2ncccn2)cc1. The summed E-state index contributed by atoms with van der Waals surface area (Å²) in [6.07, 6.45) is 5.73. The highest BCUT2D eigenvalue weighted by molar-refractivity contribution is 6.42. The van der Waals surface area contributed by atoms with Gasteiger partial charge in [-0.1, -0.05) is 47.5 Å². The Balaban J connectivity index is 1.39. The van der Waals surface area contributed by atoms with Gasteiger partial charge in [-0.3, -0.25) is 14.5 Å². The van der Waals surface area contributed by atoms with Crippen LogP contribution in [0.15, 0.2) is 54.9 Å². The number of hydrogen-bond donors (Lipinski definition) is 0. The van der Waals surface area contributed by atoms with Crippen LogP contribution in [0.3, 0.4) is 0 Å². The van der Waals surface area contributed by atoms with Gasteiger partial charge in [-0.2, -0.15) is 0 Å². The number of likely N-dealkylation sites (N-methyl/N-ethyl adjacent to an activating group) is 1. The number of aromatic nitrogens is 2. The topological polar surface area (TPSA) is 78.9 Å². The molecule has 37 heavy (non-hydrogen) atoms. The van der Waals surface area contributed by atoms with E-state index in [4.69, 9.17) is 27.9 Å². The van der Waals surface area contributed by atoms with Gasteiger partial charge >= 0.3 is 0 Å². The molecule has 0 aliphatic carbocycles. The predicted octanol–water partition coefficient (Wildman–Crippen LogP) is 4.47. The van der Waals surface area contributed by atoms with Crippen LogP contribution in [0.4, 0.5) is 5.69 Å². The Bertz CT molecular complexity index is 1280. The van der Waals surface area contributed by atoms with Gasteiger partial charge in [-0.25, -0.2) is 9.97 Å². The van der Waals surface area contributed by atoms with Crippen LogP contribution in [0.25, 0.3) is 11.4 Å². The number of anilines is 1. The van der Waals surface area contributed by atoms with Crippen molar-refractivity contribution in [2.24, 2.45) is 0 Å². The minimum Gasteiger partial charge on any atom is -0.482 e. The molecular weight excluding hydrogens is 513 g/mol. The van der Waals surface area contributed by atoms with E-state index in [0.717, 1.165) is 37.1 Å². The van der Waals surface area contributed by atoms with Crippen molar-refractivity contribution >= 4 is 40.7 Å². The van der Waals surface area contributed by atoms with E-state index < -0.39 is 0 Å². The normalized spacial score (nSPS) is 16.3. The van der Waals surface area contributed by atoms with Crippen molar-refractivity contribution in [1.29, 1.82) is 0 Å². The molecule has 0 radical (unpaired) electrons. The number of carbonyl (C=O) groups is 2. The van der Waals surface area contributed by atoms with Gasteiger partial charge in [0.25, 0.3) is 5.91 Å². The zero-order valence-electron chi connectivity index (χ0n) is 20.4. The predicted molar refractivity (Wildman–Crippen MR) is 143 cm³/mol. The summed E-state index contributed by atoms with van der Waals surface area (Å²) in [4.78, 5) is 40.5. The van der Waals surface area contributed by atoms with Crippen LogP contribution >= 0.6 is 23.2 Å². The molecule has 1 atom stereocenters. The molecule has 1 unspecified atom stereocenters. The smallest absolute Gasteiger partial charge is 0.265 e. The molecule has 0 bridgehead atoms. The van der Waals surface area contributed by atoms with Gasteiger partial charge in [0.1, 0.15) is 12.3 Å². The summed E-state index contributed by atoms with van der Waals surface area (Å²) in [5, 5.41) is 0.618. The van der Waals surface area contributed by atoms with Crippen molar-refractivity contribution in [1.82, 2.24) is 19.8 Å². The quantitative estimate of drug-likeness (QED) is 0.440. The van der Waals surface area contributed by atoms with Crippen LogP contribution in [0.1, 0.15) is 24.4 Å². The molecule has 1 saturated heterocycles. The molecule has 0 spiro atoms. The molecule has 10 heteroatoms. The van der Waals surface area contributed by atoms with Crippen molar-refractivity contribution in [3.63, 3.8) is 0 Å². The van der Waals surface area contributed by atoms with Gasteiger partial charge in [0.05, 0.1) is 21.8 Å². The Kier molecular flexibility index (Phi) is 7.60. The molecule has 0 N–H and O–H groups in total. The van der Waals surface area contributed by atoms with Crippen LogP contribution in [-0.4, -0.2) is 71.4 Å². The Labute approximate surface area is 225 Å². The van der Waals surface area contributed by atoms with Crippen molar-refractivity contribution in [3.05, 3.63) is 70.5 Å². The monoisotopic (exact) mass is 539 g/mol. The van der Waals surface area contributed by atoms with E-state index in [9.17, 15) is 9.59 Å². The summed E-state index contributed by atoms with van der Waals surface area (Å²) in [6, 6.07) is 12.7. The zero-order chi connectivity index (χ0) is 25.9. The minimum absolute atomic E-state index is 0.129. The number of benzene rings is 2. The maximum Gasteiger partial charge on any atom is 0.265 e. The highest BCUT2D eigenvalue weighted by Crippen LogP contribution is 2.39. The lowest BCUT2D eigenvalue weighted by atomic mass is 10.0. The van der Waals surface area contributed by atoms with E-state index in [1.807, 2.05) is 24.3 Å². The fourth-order valence-electron chi connectivity index (χ4n) is 4.75. The standard InChI is InChI=1S/C27H27Cl2N5O3/c1-32(25(35)16-34-22-13-20(28)21(29)14-24(22)37-17-26(34)36)23(15-33-11-2-3-12-33)18-5-7-19(8-6-18)27-30-9-4-10-31-27/h4-10,13-14,23H,2-3,11-12,15-17H2,1H3. The third kappa shape index (κ3) is 5.56. The van der Waals surface area contributed by atoms with E-state index in [2.05, 4.69) is 14.9 Å². The average molecular weight is 540 g/mol.